The van der Waals surface area contributed by atoms with Crippen LogP contribution in [0.2, 0.25) is 0 Å². The van der Waals surface area contributed by atoms with Crippen LogP contribution in [0.5, 0.6) is 5.75 Å². The zero-order valence-electron chi connectivity index (χ0n) is 15.4. The number of ether oxygens (including phenoxy) is 2. The molecule has 6 nitrogen and oxygen atoms in total. The van der Waals surface area contributed by atoms with Gasteiger partial charge >= 0.3 is 5.97 Å². The molecule has 1 amide bonds. The van der Waals surface area contributed by atoms with Crippen LogP contribution >= 0.6 is 0 Å². The smallest absolute Gasteiger partial charge is 0.307 e. The van der Waals surface area contributed by atoms with E-state index < -0.39 is 0 Å². The highest BCUT2D eigenvalue weighted by Gasteiger charge is 2.19. The highest BCUT2D eigenvalue weighted by atomic mass is 16.5. The minimum Gasteiger partial charge on any atom is -0.491 e. The number of esters is 1. The number of hydrogen-bond donors (Lipinski definition) is 0. The minimum absolute atomic E-state index is 0.0663. The Kier molecular flexibility index (Phi) is 7.26. The number of carbonyl (C=O) groups excluding carboxylic acids is 2. The van der Waals surface area contributed by atoms with Crippen LogP contribution in [0.1, 0.15) is 43.3 Å². The lowest BCUT2D eigenvalue weighted by molar-refractivity contribution is -0.143. The highest BCUT2D eigenvalue weighted by molar-refractivity contribution is 5.94. The van der Waals surface area contributed by atoms with E-state index >= 15 is 0 Å². The van der Waals surface area contributed by atoms with E-state index in [9.17, 15) is 9.59 Å². The lowest BCUT2D eigenvalue weighted by Crippen LogP contribution is -2.32. The first kappa shape index (κ1) is 19.6. The lowest BCUT2D eigenvalue weighted by Gasteiger charge is -2.21. The van der Waals surface area contributed by atoms with Crippen LogP contribution < -0.4 is 4.74 Å². The molecule has 0 saturated heterocycles. The largest absolute Gasteiger partial charge is 0.491 e. The first-order chi connectivity index (χ1) is 12.5. The zero-order valence-corrected chi connectivity index (χ0v) is 15.4. The van der Waals surface area contributed by atoms with Crippen molar-refractivity contribution in [3.63, 3.8) is 0 Å². The van der Waals surface area contributed by atoms with Crippen molar-refractivity contribution in [1.82, 2.24) is 4.90 Å². The molecule has 0 bridgehead atoms. The molecule has 1 heterocycles. The van der Waals surface area contributed by atoms with Crippen molar-refractivity contribution in [3.05, 3.63) is 54.0 Å². The van der Waals surface area contributed by atoms with Gasteiger partial charge < -0.3 is 18.8 Å². The quantitative estimate of drug-likeness (QED) is 0.639. The van der Waals surface area contributed by atoms with Gasteiger partial charge in [0.25, 0.3) is 5.91 Å². The second kappa shape index (κ2) is 9.65. The zero-order chi connectivity index (χ0) is 18.9. The maximum absolute atomic E-state index is 12.9. The van der Waals surface area contributed by atoms with Gasteiger partial charge in [0.05, 0.1) is 31.9 Å². The summed E-state index contributed by atoms with van der Waals surface area (Å²) in [6, 6.07) is 10.5. The van der Waals surface area contributed by atoms with E-state index in [1.54, 1.807) is 54.5 Å². The van der Waals surface area contributed by atoms with E-state index in [0.29, 0.717) is 23.7 Å². The standard InChI is InChI=1S/C20H25NO5/c1-4-24-19(22)11-12-21(14-18-6-5-13-25-18)20(23)16-7-9-17(10-8-16)26-15(2)3/h5-10,13,15H,4,11-12,14H2,1-3H3. The van der Waals surface area contributed by atoms with Crippen molar-refractivity contribution in [1.29, 1.82) is 0 Å². The van der Waals surface area contributed by atoms with Crippen LogP contribution in [0.4, 0.5) is 0 Å². The van der Waals surface area contributed by atoms with Gasteiger partial charge in [-0.2, -0.15) is 0 Å². The molecule has 0 atom stereocenters. The molecule has 1 aromatic carbocycles. The molecule has 26 heavy (non-hydrogen) atoms. The van der Waals surface area contributed by atoms with Crippen molar-refractivity contribution in [2.75, 3.05) is 13.2 Å². The van der Waals surface area contributed by atoms with E-state index in [1.165, 1.54) is 0 Å². The minimum atomic E-state index is -0.328. The Morgan fingerprint density at radius 3 is 2.46 bits per heavy atom. The first-order valence-corrected chi connectivity index (χ1v) is 8.73. The van der Waals surface area contributed by atoms with Gasteiger partial charge in [-0.05, 0) is 57.2 Å². The fourth-order valence-corrected chi connectivity index (χ4v) is 2.43. The van der Waals surface area contributed by atoms with Gasteiger partial charge in [-0.15, -0.1) is 0 Å². The summed E-state index contributed by atoms with van der Waals surface area (Å²) < 4.78 is 15.9. The third-order valence-corrected chi connectivity index (χ3v) is 3.58. The summed E-state index contributed by atoms with van der Waals surface area (Å²) in [5, 5.41) is 0. The molecule has 1 aromatic heterocycles. The molecule has 0 spiro atoms. The second-order valence-electron chi connectivity index (χ2n) is 6.05. The monoisotopic (exact) mass is 359 g/mol. The normalized spacial score (nSPS) is 10.6. The summed E-state index contributed by atoms with van der Waals surface area (Å²) in [5.74, 6) is 0.856. The summed E-state index contributed by atoms with van der Waals surface area (Å²) in [6.07, 6.45) is 1.76. The van der Waals surface area contributed by atoms with Gasteiger partial charge in [0.2, 0.25) is 0 Å². The van der Waals surface area contributed by atoms with Crippen LogP contribution in [0, 0.1) is 0 Å². The topological polar surface area (TPSA) is 69.0 Å². The van der Waals surface area contributed by atoms with Crippen molar-refractivity contribution in [3.8, 4) is 5.75 Å². The van der Waals surface area contributed by atoms with E-state index in [2.05, 4.69) is 0 Å². The van der Waals surface area contributed by atoms with Gasteiger partial charge in [-0.25, -0.2) is 0 Å². The highest BCUT2D eigenvalue weighted by Crippen LogP contribution is 2.17. The average Bonchev–Trinajstić information content (AvgIpc) is 3.11. The Balaban J connectivity index is 2.09. The maximum atomic E-state index is 12.9. The molecule has 6 heteroatoms. The van der Waals surface area contributed by atoms with Gasteiger partial charge in [0, 0.05) is 12.1 Å². The number of amides is 1. The molecule has 0 N–H and O–H groups in total. The lowest BCUT2D eigenvalue weighted by atomic mass is 10.1. The summed E-state index contributed by atoms with van der Waals surface area (Å²) in [6.45, 7) is 6.50. The van der Waals surface area contributed by atoms with Crippen molar-refractivity contribution >= 4 is 11.9 Å². The fourth-order valence-electron chi connectivity index (χ4n) is 2.43. The molecule has 140 valence electrons. The predicted octanol–water partition coefficient (Wildman–Crippen LogP) is 3.66. The predicted molar refractivity (Wildman–Crippen MR) is 96.9 cm³/mol. The van der Waals surface area contributed by atoms with Crippen molar-refractivity contribution in [2.45, 2.75) is 39.8 Å². The van der Waals surface area contributed by atoms with Crippen molar-refractivity contribution < 1.29 is 23.5 Å². The van der Waals surface area contributed by atoms with E-state index in [0.717, 1.165) is 0 Å². The third-order valence-electron chi connectivity index (χ3n) is 3.58. The number of furan rings is 1. The van der Waals surface area contributed by atoms with Crippen LogP contribution in [-0.4, -0.2) is 36.0 Å². The SMILES string of the molecule is CCOC(=O)CCN(Cc1ccco1)C(=O)c1ccc(OC(C)C)cc1. The number of carbonyl (C=O) groups is 2. The third kappa shape index (κ3) is 5.95. The molecule has 2 rings (SSSR count). The van der Waals surface area contributed by atoms with E-state index in [-0.39, 0.29) is 37.5 Å². The Bertz CT molecular complexity index is 692. The molecule has 0 radical (unpaired) electrons. The van der Waals surface area contributed by atoms with E-state index in [4.69, 9.17) is 13.9 Å². The van der Waals surface area contributed by atoms with Crippen LogP contribution in [-0.2, 0) is 16.1 Å². The molecule has 0 saturated carbocycles. The molecular formula is C20H25NO5. The number of nitrogens with zero attached hydrogens (tertiary/aromatic N) is 1. The Labute approximate surface area is 153 Å². The summed E-state index contributed by atoms with van der Waals surface area (Å²) in [7, 11) is 0. The molecule has 0 aliphatic carbocycles. The number of benzene rings is 1. The van der Waals surface area contributed by atoms with Gasteiger partial charge in [0.1, 0.15) is 11.5 Å². The summed E-state index contributed by atoms with van der Waals surface area (Å²) in [4.78, 5) is 26.1. The molecule has 0 unspecified atom stereocenters. The Morgan fingerprint density at radius 1 is 1.15 bits per heavy atom. The molecule has 0 aliphatic rings. The fraction of sp³-hybridized carbons (Fsp3) is 0.400. The first-order valence-electron chi connectivity index (χ1n) is 8.73. The van der Waals surface area contributed by atoms with Crippen molar-refractivity contribution in [2.24, 2.45) is 0 Å². The van der Waals surface area contributed by atoms with Crippen LogP contribution in [0.15, 0.2) is 47.1 Å². The molecule has 0 fully saturated rings. The Hall–Kier alpha value is -2.76. The van der Waals surface area contributed by atoms with Gasteiger partial charge in [0.15, 0.2) is 0 Å². The van der Waals surface area contributed by atoms with Gasteiger partial charge in [-0.1, -0.05) is 0 Å². The second-order valence-corrected chi connectivity index (χ2v) is 6.05. The van der Waals surface area contributed by atoms with Crippen LogP contribution in [0.3, 0.4) is 0 Å². The number of rotatable bonds is 9. The van der Waals surface area contributed by atoms with Crippen LogP contribution in [0.25, 0.3) is 0 Å². The summed E-state index contributed by atoms with van der Waals surface area (Å²) in [5.41, 5.74) is 0.525. The molecule has 0 aliphatic heterocycles. The van der Waals surface area contributed by atoms with E-state index in [1.807, 2.05) is 13.8 Å². The summed E-state index contributed by atoms with van der Waals surface area (Å²) >= 11 is 0. The van der Waals surface area contributed by atoms with Gasteiger partial charge in [-0.3, -0.25) is 9.59 Å². The molecular weight excluding hydrogens is 334 g/mol. The Morgan fingerprint density at radius 2 is 1.88 bits per heavy atom. The molecule has 2 aromatic rings. The number of hydrogen-bond acceptors (Lipinski definition) is 5. The maximum Gasteiger partial charge on any atom is 0.307 e. The average molecular weight is 359 g/mol.